The molecule has 2 heteroatoms. The van der Waals surface area contributed by atoms with E-state index in [1.54, 1.807) is 0 Å². The standard InChI is InChI=1S/C14H15BrO/c1-14(2,3)12-7-5-9-4-6-10(15)8-11(9)13(12)16/h4-8,16H,1-3H3. The fourth-order valence-electron chi connectivity index (χ4n) is 1.88. The highest BCUT2D eigenvalue weighted by Gasteiger charge is 2.19. The Morgan fingerprint density at radius 1 is 1.06 bits per heavy atom. The van der Waals surface area contributed by atoms with Crippen LogP contribution in [0.1, 0.15) is 26.3 Å². The fourth-order valence-corrected chi connectivity index (χ4v) is 2.24. The Morgan fingerprint density at radius 3 is 2.31 bits per heavy atom. The van der Waals surface area contributed by atoms with Crippen LogP contribution in [0.4, 0.5) is 0 Å². The Labute approximate surface area is 104 Å². The minimum atomic E-state index is -0.0411. The molecule has 0 radical (unpaired) electrons. The van der Waals surface area contributed by atoms with Gasteiger partial charge in [-0.2, -0.15) is 0 Å². The lowest BCUT2D eigenvalue weighted by Gasteiger charge is -2.21. The Kier molecular flexibility index (Phi) is 2.70. The molecule has 0 heterocycles. The lowest BCUT2D eigenvalue weighted by atomic mass is 9.85. The first kappa shape index (κ1) is 11.5. The largest absolute Gasteiger partial charge is 0.507 e. The third-order valence-electron chi connectivity index (χ3n) is 2.76. The van der Waals surface area contributed by atoms with Crippen LogP contribution in [0.3, 0.4) is 0 Å². The number of phenolic OH excluding ortho intramolecular Hbond substituents is 1. The van der Waals surface area contributed by atoms with E-state index in [1.807, 2.05) is 24.3 Å². The topological polar surface area (TPSA) is 20.2 Å². The zero-order valence-electron chi connectivity index (χ0n) is 9.71. The molecule has 0 aliphatic carbocycles. The Morgan fingerprint density at radius 2 is 1.69 bits per heavy atom. The Bertz CT molecular complexity index is 538. The van der Waals surface area contributed by atoms with Crippen molar-refractivity contribution >= 4 is 26.7 Å². The number of phenols is 1. The lowest BCUT2D eigenvalue weighted by molar-refractivity contribution is 0.453. The van der Waals surface area contributed by atoms with Crippen LogP contribution in [0.15, 0.2) is 34.8 Å². The maximum atomic E-state index is 10.3. The van der Waals surface area contributed by atoms with Crippen molar-refractivity contribution in [2.75, 3.05) is 0 Å². The number of rotatable bonds is 0. The smallest absolute Gasteiger partial charge is 0.127 e. The van der Waals surface area contributed by atoms with Crippen LogP contribution in [0.2, 0.25) is 0 Å². The molecule has 0 saturated heterocycles. The molecule has 1 nitrogen and oxygen atoms in total. The van der Waals surface area contributed by atoms with Gasteiger partial charge in [0.05, 0.1) is 0 Å². The summed E-state index contributed by atoms with van der Waals surface area (Å²) in [6.07, 6.45) is 0. The van der Waals surface area contributed by atoms with E-state index < -0.39 is 0 Å². The maximum Gasteiger partial charge on any atom is 0.127 e. The van der Waals surface area contributed by atoms with Gasteiger partial charge in [-0.25, -0.2) is 0 Å². The number of fused-ring (bicyclic) bond motifs is 1. The van der Waals surface area contributed by atoms with Gasteiger partial charge in [0.2, 0.25) is 0 Å². The van der Waals surface area contributed by atoms with Crippen molar-refractivity contribution in [3.05, 3.63) is 40.4 Å². The van der Waals surface area contributed by atoms with Crippen molar-refractivity contribution in [2.45, 2.75) is 26.2 Å². The van der Waals surface area contributed by atoms with Gasteiger partial charge < -0.3 is 5.11 Å². The monoisotopic (exact) mass is 278 g/mol. The molecule has 84 valence electrons. The van der Waals surface area contributed by atoms with E-state index in [0.717, 1.165) is 20.8 Å². The van der Waals surface area contributed by atoms with Crippen LogP contribution in [-0.4, -0.2) is 5.11 Å². The molecule has 0 amide bonds. The summed E-state index contributed by atoms with van der Waals surface area (Å²) < 4.78 is 0.987. The summed E-state index contributed by atoms with van der Waals surface area (Å²) in [5.41, 5.74) is 0.943. The second-order valence-corrected chi connectivity index (χ2v) is 5.99. The van der Waals surface area contributed by atoms with Crippen LogP contribution in [0.5, 0.6) is 5.75 Å². The summed E-state index contributed by atoms with van der Waals surface area (Å²) in [4.78, 5) is 0. The van der Waals surface area contributed by atoms with E-state index in [0.29, 0.717) is 5.75 Å². The van der Waals surface area contributed by atoms with Crippen LogP contribution in [-0.2, 0) is 5.41 Å². The summed E-state index contributed by atoms with van der Waals surface area (Å²) in [5.74, 6) is 0.395. The first-order chi connectivity index (χ1) is 7.39. The molecule has 0 bridgehead atoms. The zero-order valence-corrected chi connectivity index (χ0v) is 11.3. The molecule has 0 fully saturated rings. The first-order valence-electron chi connectivity index (χ1n) is 5.31. The molecule has 2 aromatic rings. The SMILES string of the molecule is CC(C)(C)c1ccc2ccc(Br)cc2c1O. The Hall–Kier alpha value is -1.02. The highest BCUT2D eigenvalue weighted by molar-refractivity contribution is 9.10. The molecule has 0 aliphatic heterocycles. The molecule has 0 unspecified atom stereocenters. The van der Waals surface area contributed by atoms with E-state index in [2.05, 4.69) is 42.8 Å². The highest BCUT2D eigenvalue weighted by atomic mass is 79.9. The second kappa shape index (κ2) is 3.77. The summed E-state index contributed by atoms with van der Waals surface area (Å²) in [6, 6.07) is 10.0. The molecule has 0 saturated carbocycles. The van der Waals surface area contributed by atoms with E-state index >= 15 is 0 Å². The van der Waals surface area contributed by atoms with Gasteiger partial charge in [0.15, 0.2) is 0 Å². The van der Waals surface area contributed by atoms with Gasteiger partial charge >= 0.3 is 0 Å². The van der Waals surface area contributed by atoms with Crippen LogP contribution < -0.4 is 0 Å². The van der Waals surface area contributed by atoms with E-state index in [4.69, 9.17) is 0 Å². The van der Waals surface area contributed by atoms with Gasteiger partial charge in [0.25, 0.3) is 0 Å². The van der Waals surface area contributed by atoms with Gasteiger partial charge in [-0.1, -0.05) is 54.9 Å². The van der Waals surface area contributed by atoms with Gasteiger partial charge in [-0.05, 0) is 28.5 Å². The number of benzene rings is 2. The maximum absolute atomic E-state index is 10.3. The van der Waals surface area contributed by atoms with E-state index in [-0.39, 0.29) is 5.41 Å². The average molecular weight is 279 g/mol. The number of hydrogen-bond donors (Lipinski definition) is 1. The molecule has 0 aromatic heterocycles. The van der Waals surface area contributed by atoms with Gasteiger partial charge in [-0.15, -0.1) is 0 Å². The molecule has 2 aromatic carbocycles. The minimum absolute atomic E-state index is 0.0411. The zero-order chi connectivity index (χ0) is 11.9. The quantitative estimate of drug-likeness (QED) is 0.746. The molecule has 2 rings (SSSR count). The highest BCUT2D eigenvalue weighted by Crippen LogP contribution is 2.37. The van der Waals surface area contributed by atoms with Crippen LogP contribution in [0, 0.1) is 0 Å². The molecule has 1 N–H and O–H groups in total. The first-order valence-corrected chi connectivity index (χ1v) is 6.10. The van der Waals surface area contributed by atoms with Crippen LogP contribution >= 0.6 is 15.9 Å². The number of aromatic hydroxyl groups is 1. The molecule has 0 atom stereocenters. The predicted molar refractivity (Wildman–Crippen MR) is 72.0 cm³/mol. The normalized spacial score (nSPS) is 12.0. The summed E-state index contributed by atoms with van der Waals surface area (Å²) in [5, 5.41) is 12.3. The van der Waals surface area contributed by atoms with Gasteiger partial charge in [0, 0.05) is 9.86 Å². The van der Waals surface area contributed by atoms with E-state index in [1.165, 1.54) is 0 Å². The second-order valence-electron chi connectivity index (χ2n) is 5.08. The van der Waals surface area contributed by atoms with Crippen molar-refractivity contribution in [3.8, 4) is 5.75 Å². The molecule has 0 aliphatic rings. The average Bonchev–Trinajstić information content (AvgIpc) is 2.17. The van der Waals surface area contributed by atoms with Crippen molar-refractivity contribution in [1.82, 2.24) is 0 Å². The third kappa shape index (κ3) is 1.94. The molecule has 0 spiro atoms. The molecule has 16 heavy (non-hydrogen) atoms. The lowest BCUT2D eigenvalue weighted by Crippen LogP contribution is -2.11. The molecular weight excluding hydrogens is 264 g/mol. The Balaban J connectivity index is 2.78. The van der Waals surface area contributed by atoms with Gasteiger partial charge in [-0.3, -0.25) is 0 Å². The predicted octanol–water partition coefficient (Wildman–Crippen LogP) is 4.61. The van der Waals surface area contributed by atoms with Crippen molar-refractivity contribution in [1.29, 1.82) is 0 Å². The van der Waals surface area contributed by atoms with Crippen LogP contribution in [0.25, 0.3) is 10.8 Å². The number of hydrogen-bond acceptors (Lipinski definition) is 1. The van der Waals surface area contributed by atoms with Crippen molar-refractivity contribution in [2.24, 2.45) is 0 Å². The van der Waals surface area contributed by atoms with Crippen molar-refractivity contribution in [3.63, 3.8) is 0 Å². The van der Waals surface area contributed by atoms with Gasteiger partial charge in [0.1, 0.15) is 5.75 Å². The number of halogens is 1. The van der Waals surface area contributed by atoms with Crippen molar-refractivity contribution < 1.29 is 5.11 Å². The molecular formula is C14H15BrO. The minimum Gasteiger partial charge on any atom is -0.507 e. The summed E-state index contributed by atoms with van der Waals surface area (Å²) in [7, 11) is 0. The van der Waals surface area contributed by atoms with E-state index in [9.17, 15) is 5.11 Å². The third-order valence-corrected chi connectivity index (χ3v) is 3.26. The summed E-state index contributed by atoms with van der Waals surface area (Å²) in [6.45, 7) is 6.31. The fraction of sp³-hybridized carbons (Fsp3) is 0.286. The summed E-state index contributed by atoms with van der Waals surface area (Å²) >= 11 is 3.43.